The van der Waals surface area contributed by atoms with Gasteiger partial charge < -0.3 is 14.8 Å². The Morgan fingerprint density at radius 2 is 1.90 bits per heavy atom. The number of halogens is 2. The second-order valence-electron chi connectivity index (χ2n) is 4.21. The molecule has 0 saturated carbocycles. The highest BCUT2D eigenvalue weighted by Gasteiger charge is 2.15. The summed E-state index contributed by atoms with van der Waals surface area (Å²) in [7, 11) is 3.25. The van der Waals surface area contributed by atoms with Crippen molar-refractivity contribution in [2.24, 2.45) is 0 Å². The van der Waals surface area contributed by atoms with Crippen molar-refractivity contribution in [1.29, 1.82) is 0 Å². The molecule has 20 heavy (non-hydrogen) atoms. The van der Waals surface area contributed by atoms with E-state index in [1.165, 1.54) is 11.3 Å². The number of anilines is 1. The van der Waals surface area contributed by atoms with Crippen LogP contribution in [-0.4, -0.2) is 14.2 Å². The number of nitrogens with one attached hydrogen (secondary N) is 1. The first-order valence-corrected chi connectivity index (χ1v) is 7.55. The van der Waals surface area contributed by atoms with Crippen molar-refractivity contribution in [2.45, 2.75) is 13.0 Å². The molecule has 0 radical (unpaired) electrons. The Hall–Kier alpha value is -1.10. The first kappa shape index (κ1) is 15.3. The lowest BCUT2D eigenvalue weighted by molar-refractivity contribution is 0.395. The number of hydrogen-bond donors (Lipinski definition) is 1. The Kier molecular flexibility index (Phi) is 5.02. The summed E-state index contributed by atoms with van der Waals surface area (Å²) in [5.41, 5.74) is 1.85. The first-order chi connectivity index (χ1) is 9.55. The van der Waals surface area contributed by atoms with Gasteiger partial charge in [-0.3, -0.25) is 0 Å². The number of thiophene rings is 1. The molecule has 0 bridgehead atoms. The van der Waals surface area contributed by atoms with Crippen molar-refractivity contribution in [1.82, 2.24) is 0 Å². The van der Waals surface area contributed by atoms with E-state index in [1.54, 1.807) is 14.2 Å². The highest BCUT2D eigenvalue weighted by atomic mass is 35.5. The van der Waals surface area contributed by atoms with Gasteiger partial charge in [-0.15, -0.1) is 11.3 Å². The zero-order valence-corrected chi connectivity index (χ0v) is 13.7. The zero-order valence-electron chi connectivity index (χ0n) is 11.4. The van der Waals surface area contributed by atoms with Gasteiger partial charge in [0.1, 0.15) is 11.5 Å². The smallest absolute Gasteiger partial charge is 0.145 e. The maximum absolute atomic E-state index is 6.17. The number of ether oxygens (including phenoxy) is 2. The van der Waals surface area contributed by atoms with Crippen LogP contribution in [0, 0.1) is 0 Å². The molecule has 108 valence electrons. The molecule has 0 spiro atoms. The molecule has 3 nitrogen and oxygen atoms in total. The molecule has 0 aliphatic heterocycles. The van der Waals surface area contributed by atoms with Gasteiger partial charge in [-0.1, -0.05) is 23.2 Å². The molecule has 1 aromatic heterocycles. The molecule has 2 rings (SSSR count). The number of rotatable bonds is 5. The minimum Gasteiger partial charge on any atom is -0.497 e. The largest absolute Gasteiger partial charge is 0.497 e. The van der Waals surface area contributed by atoms with E-state index in [0.717, 1.165) is 17.0 Å². The molecule has 1 aromatic carbocycles. The number of hydrogen-bond acceptors (Lipinski definition) is 4. The van der Waals surface area contributed by atoms with Crippen LogP contribution in [0.4, 0.5) is 5.69 Å². The van der Waals surface area contributed by atoms with E-state index in [1.807, 2.05) is 31.2 Å². The predicted molar refractivity (Wildman–Crippen MR) is 85.9 cm³/mol. The fourth-order valence-electron chi connectivity index (χ4n) is 1.88. The topological polar surface area (TPSA) is 30.5 Å². The van der Waals surface area contributed by atoms with Gasteiger partial charge >= 0.3 is 0 Å². The number of benzene rings is 1. The van der Waals surface area contributed by atoms with Crippen LogP contribution in [0.5, 0.6) is 11.5 Å². The molecule has 0 aliphatic rings. The summed E-state index contributed by atoms with van der Waals surface area (Å²) in [6, 6.07) is 7.52. The Balaban J connectivity index is 2.23. The highest BCUT2D eigenvalue weighted by Crippen LogP contribution is 2.38. The lowest BCUT2D eigenvalue weighted by Crippen LogP contribution is -2.07. The maximum Gasteiger partial charge on any atom is 0.145 e. The Morgan fingerprint density at radius 1 is 1.15 bits per heavy atom. The van der Waals surface area contributed by atoms with Crippen LogP contribution in [-0.2, 0) is 0 Å². The molecule has 6 heteroatoms. The van der Waals surface area contributed by atoms with E-state index in [-0.39, 0.29) is 6.04 Å². The lowest BCUT2D eigenvalue weighted by Gasteiger charge is -2.17. The van der Waals surface area contributed by atoms with Gasteiger partial charge in [0, 0.05) is 11.6 Å². The van der Waals surface area contributed by atoms with Crippen LogP contribution in [0.2, 0.25) is 8.67 Å². The molecule has 1 unspecified atom stereocenters. The average molecular weight is 332 g/mol. The molecule has 0 aliphatic carbocycles. The Labute approximate surface area is 132 Å². The molecule has 0 fully saturated rings. The van der Waals surface area contributed by atoms with Crippen molar-refractivity contribution in [3.05, 3.63) is 38.5 Å². The normalized spacial score (nSPS) is 12.1. The average Bonchev–Trinajstić information content (AvgIpc) is 2.78. The fraction of sp³-hybridized carbons (Fsp3) is 0.286. The van der Waals surface area contributed by atoms with Gasteiger partial charge in [0.2, 0.25) is 0 Å². The minimum atomic E-state index is 0.0218. The highest BCUT2D eigenvalue weighted by molar-refractivity contribution is 7.20. The van der Waals surface area contributed by atoms with Crippen LogP contribution < -0.4 is 14.8 Å². The third-order valence-electron chi connectivity index (χ3n) is 2.93. The summed E-state index contributed by atoms with van der Waals surface area (Å²) in [4.78, 5) is 0. The molecular weight excluding hydrogens is 317 g/mol. The van der Waals surface area contributed by atoms with Gasteiger partial charge in [-0.05, 0) is 25.1 Å². The quantitative estimate of drug-likeness (QED) is 0.812. The summed E-state index contributed by atoms with van der Waals surface area (Å²) in [6.45, 7) is 2.02. The van der Waals surface area contributed by atoms with Crippen LogP contribution in [0.15, 0.2) is 24.3 Å². The molecule has 0 amide bonds. The summed E-state index contributed by atoms with van der Waals surface area (Å²) < 4.78 is 11.9. The van der Waals surface area contributed by atoms with Gasteiger partial charge in [-0.2, -0.15) is 0 Å². The summed E-state index contributed by atoms with van der Waals surface area (Å²) in [6.07, 6.45) is 0. The second-order valence-corrected chi connectivity index (χ2v) is 6.50. The molecular formula is C14H15Cl2NO2S. The molecule has 1 atom stereocenters. The Bertz CT molecular complexity index is 601. The standard InChI is InChI=1S/C14H15Cl2NO2S/c1-8(10-7-13(15)20-14(10)16)17-11-5-4-9(18-2)6-12(11)19-3/h4-8,17H,1-3H3. The molecule has 1 N–H and O–H groups in total. The van der Waals surface area contributed by atoms with Gasteiger partial charge in [0.15, 0.2) is 0 Å². The second kappa shape index (κ2) is 6.57. The van der Waals surface area contributed by atoms with Crippen molar-refractivity contribution in [2.75, 3.05) is 19.5 Å². The van der Waals surface area contributed by atoms with E-state index < -0.39 is 0 Å². The van der Waals surface area contributed by atoms with Gasteiger partial charge in [0.25, 0.3) is 0 Å². The predicted octanol–water partition coefficient (Wildman–Crippen LogP) is 5.25. The van der Waals surface area contributed by atoms with E-state index in [0.29, 0.717) is 14.4 Å². The third-order valence-corrected chi connectivity index (χ3v) is 4.45. The van der Waals surface area contributed by atoms with E-state index >= 15 is 0 Å². The lowest BCUT2D eigenvalue weighted by atomic mass is 10.1. The van der Waals surface area contributed by atoms with Gasteiger partial charge in [0.05, 0.1) is 34.6 Å². The summed E-state index contributed by atoms with van der Waals surface area (Å²) in [5, 5.41) is 3.37. The van der Waals surface area contributed by atoms with Gasteiger partial charge in [-0.25, -0.2) is 0 Å². The van der Waals surface area contributed by atoms with Crippen LogP contribution >= 0.6 is 34.5 Å². The molecule has 2 aromatic rings. The van der Waals surface area contributed by atoms with Crippen molar-refractivity contribution in [3.63, 3.8) is 0 Å². The number of methoxy groups -OCH3 is 2. The first-order valence-electron chi connectivity index (χ1n) is 5.98. The maximum atomic E-state index is 6.17. The third kappa shape index (κ3) is 3.32. The Morgan fingerprint density at radius 3 is 2.45 bits per heavy atom. The van der Waals surface area contributed by atoms with E-state index in [9.17, 15) is 0 Å². The summed E-state index contributed by atoms with van der Waals surface area (Å²) >= 11 is 13.5. The van der Waals surface area contributed by atoms with Crippen LogP contribution in [0.1, 0.15) is 18.5 Å². The van der Waals surface area contributed by atoms with Crippen molar-refractivity contribution < 1.29 is 9.47 Å². The van der Waals surface area contributed by atoms with E-state index in [2.05, 4.69) is 5.32 Å². The zero-order chi connectivity index (χ0) is 14.7. The van der Waals surface area contributed by atoms with Crippen molar-refractivity contribution >= 4 is 40.2 Å². The van der Waals surface area contributed by atoms with Crippen LogP contribution in [0.3, 0.4) is 0 Å². The monoisotopic (exact) mass is 331 g/mol. The SMILES string of the molecule is COc1ccc(NC(C)c2cc(Cl)sc2Cl)c(OC)c1. The van der Waals surface area contributed by atoms with Crippen LogP contribution in [0.25, 0.3) is 0 Å². The molecule has 0 saturated heterocycles. The van der Waals surface area contributed by atoms with Crippen molar-refractivity contribution in [3.8, 4) is 11.5 Å². The fourth-order valence-corrected chi connectivity index (χ4v) is 3.52. The minimum absolute atomic E-state index is 0.0218. The van der Waals surface area contributed by atoms with E-state index in [4.69, 9.17) is 32.7 Å². The summed E-state index contributed by atoms with van der Waals surface area (Å²) in [5.74, 6) is 1.46. The molecule has 1 heterocycles.